The largest absolute Gasteiger partial charge is 0.487 e. The highest BCUT2D eigenvalue weighted by Gasteiger charge is 2.19. The lowest BCUT2D eigenvalue weighted by Crippen LogP contribution is -2.26. The van der Waals surface area contributed by atoms with Gasteiger partial charge in [-0.25, -0.2) is 9.97 Å². The topological polar surface area (TPSA) is 71.1 Å². The molecule has 0 amide bonds. The minimum absolute atomic E-state index is 0.0333. The van der Waals surface area contributed by atoms with Crippen LogP contribution in [0.15, 0.2) is 53.7 Å². The third-order valence-electron chi connectivity index (χ3n) is 5.67. The van der Waals surface area contributed by atoms with Crippen molar-refractivity contribution in [3.8, 4) is 5.75 Å². The quantitative estimate of drug-likeness (QED) is 0.259. The molecule has 8 heteroatoms. The fourth-order valence-electron chi connectivity index (χ4n) is 4.07. The summed E-state index contributed by atoms with van der Waals surface area (Å²) < 4.78 is 6.14. The van der Waals surface area contributed by atoms with Gasteiger partial charge < -0.3 is 20.7 Å². The molecule has 1 saturated heterocycles. The molecule has 1 fully saturated rings. The van der Waals surface area contributed by atoms with Crippen LogP contribution in [0.1, 0.15) is 52.0 Å². The second-order valence-electron chi connectivity index (χ2n) is 9.27. The summed E-state index contributed by atoms with van der Waals surface area (Å²) >= 11 is 8.32. The molecule has 6 nitrogen and oxygen atoms in total. The predicted octanol–water partition coefficient (Wildman–Crippen LogP) is 7.37. The number of hydrogen-bond donors (Lipinski definition) is 3. The molecule has 0 unspecified atom stereocenters. The van der Waals surface area contributed by atoms with Crippen molar-refractivity contribution >= 4 is 46.4 Å². The van der Waals surface area contributed by atoms with Gasteiger partial charge in [0.25, 0.3) is 0 Å². The van der Waals surface area contributed by atoms with Crippen molar-refractivity contribution in [2.75, 3.05) is 23.7 Å². The molecule has 0 atom stereocenters. The van der Waals surface area contributed by atoms with Gasteiger partial charge in [-0.05, 0) is 69.5 Å². The molecule has 0 saturated carbocycles. The summed E-state index contributed by atoms with van der Waals surface area (Å²) in [6.45, 7) is 10.5. The molecule has 186 valence electrons. The molecule has 0 spiro atoms. The number of benzene rings is 1. The fourth-order valence-corrected chi connectivity index (χ4v) is 5.13. The smallest absolute Gasteiger partial charge is 0.174 e. The first-order chi connectivity index (χ1) is 16.9. The lowest BCUT2D eigenvalue weighted by atomic mass is 9.91. The normalized spacial score (nSPS) is 14.4. The van der Waals surface area contributed by atoms with Gasteiger partial charge in [0, 0.05) is 22.4 Å². The van der Waals surface area contributed by atoms with E-state index >= 15 is 0 Å². The molecule has 1 aromatic carbocycles. The van der Waals surface area contributed by atoms with Crippen LogP contribution >= 0.6 is 23.4 Å². The Morgan fingerprint density at radius 1 is 1.00 bits per heavy atom. The molecule has 35 heavy (non-hydrogen) atoms. The number of pyridine rings is 2. The number of para-hydroxylation sites is 1. The van der Waals surface area contributed by atoms with Crippen LogP contribution in [0, 0.1) is 0 Å². The SMILES string of the molecule is CC(C)Oc1cc(C2CCNCC2)cnc1Nc1cc(Nc2ccccc2SC(C)C)c(Cl)cn1. The van der Waals surface area contributed by atoms with Crippen molar-refractivity contribution in [1.29, 1.82) is 0 Å². The highest BCUT2D eigenvalue weighted by Crippen LogP contribution is 2.36. The molecule has 3 heterocycles. The lowest BCUT2D eigenvalue weighted by Gasteiger charge is -2.24. The number of halogens is 1. The van der Waals surface area contributed by atoms with E-state index in [1.54, 1.807) is 6.20 Å². The third-order valence-corrected chi connectivity index (χ3v) is 7.05. The van der Waals surface area contributed by atoms with Crippen molar-refractivity contribution < 1.29 is 4.74 Å². The van der Waals surface area contributed by atoms with E-state index in [4.69, 9.17) is 21.3 Å². The van der Waals surface area contributed by atoms with E-state index < -0.39 is 0 Å². The predicted molar refractivity (Wildman–Crippen MR) is 148 cm³/mol. The summed E-state index contributed by atoms with van der Waals surface area (Å²) in [6, 6.07) is 12.3. The zero-order valence-electron chi connectivity index (χ0n) is 20.8. The van der Waals surface area contributed by atoms with Crippen molar-refractivity contribution in [2.24, 2.45) is 0 Å². The molecule has 3 N–H and O–H groups in total. The molecule has 1 aliphatic rings. The molecular formula is C27H34ClN5OS. The Kier molecular flexibility index (Phi) is 8.76. The fraction of sp³-hybridized carbons (Fsp3) is 0.407. The minimum Gasteiger partial charge on any atom is -0.487 e. The maximum Gasteiger partial charge on any atom is 0.174 e. The maximum absolute atomic E-state index is 6.51. The summed E-state index contributed by atoms with van der Waals surface area (Å²) in [7, 11) is 0. The third kappa shape index (κ3) is 7.03. The maximum atomic E-state index is 6.51. The van der Waals surface area contributed by atoms with Crippen LogP contribution < -0.4 is 20.7 Å². The zero-order chi connectivity index (χ0) is 24.8. The average Bonchev–Trinajstić information content (AvgIpc) is 2.83. The van der Waals surface area contributed by atoms with Crippen LogP contribution in [-0.2, 0) is 0 Å². The molecule has 3 aromatic rings. The second kappa shape index (κ2) is 12.0. The van der Waals surface area contributed by atoms with E-state index in [-0.39, 0.29) is 6.10 Å². The van der Waals surface area contributed by atoms with Gasteiger partial charge in [0.15, 0.2) is 11.6 Å². The Labute approximate surface area is 217 Å². The van der Waals surface area contributed by atoms with E-state index in [1.807, 2.05) is 50.0 Å². The Morgan fingerprint density at radius 3 is 2.51 bits per heavy atom. The van der Waals surface area contributed by atoms with Crippen molar-refractivity contribution in [2.45, 2.75) is 62.7 Å². The lowest BCUT2D eigenvalue weighted by molar-refractivity contribution is 0.242. The Hall–Kier alpha value is -2.48. The van der Waals surface area contributed by atoms with Crippen LogP contribution in [0.3, 0.4) is 0 Å². The first-order valence-corrected chi connectivity index (χ1v) is 13.5. The molecule has 0 aliphatic carbocycles. The van der Waals surface area contributed by atoms with E-state index in [1.165, 1.54) is 10.5 Å². The Bertz CT molecular complexity index is 1130. The molecule has 4 rings (SSSR count). The van der Waals surface area contributed by atoms with E-state index in [0.29, 0.717) is 27.8 Å². The number of thioether (sulfide) groups is 1. The van der Waals surface area contributed by atoms with Gasteiger partial charge in [0.05, 0.1) is 28.7 Å². The van der Waals surface area contributed by atoms with Gasteiger partial charge in [-0.1, -0.05) is 37.6 Å². The number of nitrogens with zero attached hydrogens (tertiary/aromatic N) is 2. The summed E-state index contributed by atoms with van der Waals surface area (Å²) in [5, 5.41) is 11.3. The molecular weight excluding hydrogens is 478 g/mol. The van der Waals surface area contributed by atoms with Gasteiger partial charge >= 0.3 is 0 Å². The van der Waals surface area contributed by atoms with Gasteiger partial charge in [-0.15, -0.1) is 11.8 Å². The molecule has 0 bridgehead atoms. The standard InChI is InChI=1S/C27H34ClN5OS/c1-17(2)34-24-13-20(19-9-11-29-12-10-19)15-31-27(24)33-26-14-23(21(28)16-30-26)32-22-7-5-6-8-25(22)35-18(3)4/h5-8,13-19,29H,9-12H2,1-4H3,(H2,30,31,32,33). The van der Waals surface area contributed by atoms with Crippen LogP contribution in [-0.4, -0.2) is 34.4 Å². The molecule has 2 aromatic heterocycles. The highest BCUT2D eigenvalue weighted by atomic mass is 35.5. The van der Waals surface area contributed by atoms with Gasteiger partial charge in [-0.2, -0.15) is 0 Å². The van der Waals surface area contributed by atoms with Gasteiger partial charge in [0.1, 0.15) is 5.82 Å². The van der Waals surface area contributed by atoms with Crippen LogP contribution in [0.2, 0.25) is 5.02 Å². The number of rotatable bonds is 9. The minimum atomic E-state index is 0.0333. The highest BCUT2D eigenvalue weighted by molar-refractivity contribution is 8.00. The monoisotopic (exact) mass is 511 g/mol. The van der Waals surface area contributed by atoms with Crippen LogP contribution in [0.5, 0.6) is 5.75 Å². The number of nitrogens with one attached hydrogen (secondary N) is 3. The Balaban J connectivity index is 1.58. The van der Waals surface area contributed by atoms with E-state index in [0.717, 1.165) is 43.1 Å². The summed E-state index contributed by atoms with van der Waals surface area (Å²) in [5.41, 5.74) is 3.01. The number of piperidine rings is 1. The second-order valence-corrected chi connectivity index (χ2v) is 11.3. The first-order valence-electron chi connectivity index (χ1n) is 12.2. The molecule has 1 aliphatic heterocycles. The first kappa shape index (κ1) is 25.6. The van der Waals surface area contributed by atoms with Gasteiger partial charge in [0.2, 0.25) is 0 Å². The van der Waals surface area contributed by atoms with E-state index in [2.05, 4.69) is 53.0 Å². The number of anilines is 4. The zero-order valence-corrected chi connectivity index (χ0v) is 22.3. The van der Waals surface area contributed by atoms with Crippen molar-refractivity contribution in [1.82, 2.24) is 15.3 Å². The number of ether oxygens (including phenoxy) is 1. The summed E-state index contributed by atoms with van der Waals surface area (Å²) in [5.74, 6) is 2.52. The van der Waals surface area contributed by atoms with Crippen LogP contribution in [0.25, 0.3) is 0 Å². The Morgan fingerprint density at radius 2 is 1.77 bits per heavy atom. The number of hydrogen-bond acceptors (Lipinski definition) is 7. The summed E-state index contributed by atoms with van der Waals surface area (Å²) in [4.78, 5) is 10.4. The molecule has 0 radical (unpaired) electrons. The average molecular weight is 512 g/mol. The summed E-state index contributed by atoms with van der Waals surface area (Å²) in [6.07, 6.45) is 5.86. The van der Waals surface area contributed by atoms with Crippen molar-refractivity contribution in [3.05, 3.63) is 59.4 Å². The number of aromatic nitrogens is 2. The van der Waals surface area contributed by atoms with Crippen molar-refractivity contribution in [3.63, 3.8) is 0 Å². The van der Waals surface area contributed by atoms with Gasteiger partial charge in [-0.3, -0.25) is 0 Å². The van der Waals surface area contributed by atoms with E-state index in [9.17, 15) is 0 Å². The van der Waals surface area contributed by atoms with Crippen LogP contribution in [0.4, 0.5) is 23.0 Å².